The Morgan fingerprint density at radius 1 is 0.889 bits per heavy atom. The van der Waals surface area contributed by atoms with Crippen molar-refractivity contribution in [3.63, 3.8) is 0 Å². The quantitative estimate of drug-likeness (QED) is 0.866. The summed E-state index contributed by atoms with van der Waals surface area (Å²) in [5.41, 5.74) is 12.2. The lowest BCUT2D eigenvalue weighted by molar-refractivity contribution is 0.309. The van der Waals surface area contributed by atoms with Gasteiger partial charge in [-0.05, 0) is 47.4 Å². The van der Waals surface area contributed by atoms with E-state index >= 15 is 0 Å². The fourth-order valence-corrected chi connectivity index (χ4v) is 0.949. The van der Waals surface area contributed by atoms with E-state index in [0.29, 0.717) is 0 Å². The SMILES string of the molecule is CC(C)(N)C(C)(C)N.CN(C)Cc1ccccc1. The first kappa shape index (κ1) is 17.1. The molecule has 0 saturated heterocycles. The third-order valence-corrected chi connectivity index (χ3v) is 3.00. The van der Waals surface area contributed by atoms with Crippen LogP contribution in [0.4, 0.5) is 0 Å². The fourth-order valence-electron chi connectivity index (χ4n) is 0.949. The van der Waals surface area contributed by atoms with Crippen LogP contribution in [0.15, 0.2) is 30.3 Å². The number of hydrogen-bond donors (Lipinski definition) is 2. The summed E-state index contributed by atoms with van der Waals surface area (Å²) in [6.07, 6.45) is 0. The lowest BCUT2D eigenvalue weighted by Gasteiger charge is -2.34. The normalized spacial score (nSPS) is 12.1. The minimum Gasteiger partial charge on any atom is -0.324 e. The fraction of sp³-hybridized carbons (Fsp3) is 0.600. The van der Waals surface area contributed by atoms with Gasteiger partial charge in [-0.25, -0.2) is 0 Å². The van der Waals surface area contributed by atoms with Gasteiger partial charge in [0.1, 0.15) is 0 Å². The Morgan fingerprint density at radius 3 is 1.56 bits per heavy atom. The van der Waals surface area contributed by atoms with Crippen LogP contribution in [-0.4, -0.2) is 30.1 Å². The molecule has 0 bridgehead atoms. The Hall–Kier alpha value is -0.900. The van der Waals surface area contributed by atoms with Crippen molar-refractivity contribution in [1.82, 2.24) is 4.90 Å². The molecule has 0 unspecified atom stereocenters. The molecule has 18 heavy (non-hydrogen) atoms. The van der Waals surface area contributed by atoms with Gasteiger partial charge in [-0.3, -0.25) is 0 Å². The Bertz CT molecular complexity index is 306. The van der Waals surface area contributed by atoms with Crippen LogP contribution in [0.2, 0.25) is 0 Å². The number of rotatable bonds is 3. The van der Waals surface area contributed by atoms with E-state index in [1.165, 1.54) is 5.56 Å². The number of nitrogens with two attached hydrogens (primary N) is 2. The van der Waals surface area contributed by atoms with Gasteiger partial charge in [-0.15, -0.1) is 0 Å². The highest BCUT2D eigenvalue weighted by Gasteiger charge is 2.28. The van der Waals surface area contributed by atoms with Crippen molar-refractivity contribution < 1.29 is 0 Å². The predicted octanol–water partition coefficient (Wildman–Crippen LogP) is 2.21. The van der Waals surface area contributed by atoms with E-state index in [0.717, 1.165) is 6.54 Å². The third-order valence-electron chi connectivity index (χ3n) is 3.00. The number of benzene rings is 1. The Balaban J connectivity index is 0.000000331. The average Bonchev–Trinajstić information content (AvgIpc) is 2.15. The average molecular weight is 251 g/mol. The molecule has 0 aliphatic rings. The number of hydrogen-bond acceptors (Lipinski definition) is 3. The van der Waals surface area contributed by atoms with E-state index in [2.05, 4.69) is 43.3 Å². The molecule has 0 radical (unpaired) electrons. The van der Waals surface area contributed by atoms with Crippen molar-refractivity contribution in [3.8, 4) is 0 Å². The molecular weight excluding hydrogens is 222 g/mol. The van der Waals surface area contributed by atoms with Gasteiger partial charge in [0.05, 0.1) is 0 Å². The summed E-state index contributed by atoms with van der Waals surface area (Å²) in [5, 5.41) is 0. The zero-order valence-corrected chi connectivity index (χ0v) is 12.7. The second-order valence-corrected chi connectivity index (χ2v) is 6.17. The molecule has 3 nitrogen and oxygen atoms in total. The maximum absolute atomic E-state index is 5.69. The van der Waals surface area contributed by atoms with Crippen LogP contribution in [0.1, 0.15) is 33.3 Å². The van der Waals surface area contributed by atoms with Gasteiger partial charge in [0.15, 0.2) is 0 Å². The molecule has 0 atom stereocenters. The second-order valence-electron chi connectivity index (χ2n) is 6.17. The van der Waals surface area contributed by atoms with Crippen molar-refractivity contribution in [2.45, 2.75) is 45.3 Å². The molecule has 0 aliphatic carbocycles. The van der Waals surface area contributed by atoms with Gasteiger partial charge in [0, 0.05) is 17.6 Å². The van der Waals surface area contributed by atoms with E-state index in [4.69, 9.17) is 11.5 Å². The van der Waals surface area contributed by atoms with Crippen LogP contribution in [0.5, 0.6) is 0 Å². The molecule has 3 heteroatoms. The lowest BCUT2D eigenvalue weighted by Crippen LogP contribution is -2.58. The van der Waals surface area contributed by atoms with E-state index < -0.39 is 0 Å². The van der Waals surface area contributed by atoms with Crippen molar-refractivity contribution in [2.75, 3.05) is 14.1 Å². The first-order valence-electron chi connectivity index (χ1n) is 6.30. The monoisotopic (exact) mass is 251 g/mol. The van der Waals surface area contributed by atoms with Gasteiger partial charge in [-0.2, -0.15) is 0 Å². The van der Waals surface area contributed by atoms with Gasteiger partial charge in [0.25, 0.3) is 0 Å². The molecule has 0 spiro atoms. The summed E-state index contributed by atoms with van der Waals surface area (Å²) in [6.45, 7) is 8.72. The van der Waals surface area contributed by atoms with Crippen LogP contribution < -0.4 is 11.5 Å². The first-order valence-corrected chi connectivity index (χ1v) is 6.30. The zero-order valence-electron chi connectivity index (χ0n) is 12.7. The number of nitrogens with zero attached hydrogens (tertiary/aromatic N) is 1. The van der Waals surface area contributed by atoms with Gasteiger partial charge in [0.2, 0.25) is 0 Å². The van der Waals surface area contributed by atoms with Crippen molar-refractivity contribution >= 4 is 0 Å². The predicted molar refractivity (Wildman–Crippen MR) is 80.4 cm³/mol. The van der Waals surface area contributed by atoms with E-state index in [9.17, 15) is 0 Å². The molecule has 0 aliphatic heterocycles. The topological polar surface area (TPSA) is 55.3 Å². The van der Waals surface area contributed by atoms with Gasteiger partial charge >= 0.3 is 0 Å². The van der Waals surface area contributed by atoms with Crippen molar-refractivity contribution in [2.24, 2.45) is 11.5 Å². The highest BCUT2D eigenvalue weighted by molar-refractivity contribution is 5.14. The van der Waals surface area contributed by atoms with Crippen LogP contribution in [0.3, 0.4) is 0 Å². The van der Waals surface area contributed by atoms with E-state index in [1.807, 2.05) is 33.8 Å². The molecular formula is C15H29N3. The van der Waals surface area contributed by atoms with Gasteiger partial charge in [-0.1, -0.05) is 30.3 Å². The summed E-state index contributed by atoms with van der Waals surface area (Å²) in [6, 6.07) is 10.5. The molecule has 0 saturated carbocycles. The summed E-state index contributed by atoms with van der Waals surface area (Å²) >= 11 is 0. The molecule has 1 rings (SSSR count). The van der Waals surface area contributed by atoms with E-state index in [1.54, 1.807) is 0 Å². The van der Waals surface area contributed by atoms with Crippen LogP contribution in [0, 0.1) is 0 Å². The maximum Gasteiger partial charge on any atom is 0.0274 e. The van der Waals surface area contributed by atoms with Crippen LogP contribution >= 0.6 is 0 Å². The molecule has 0 heterocycles. The van der Waals surface area contributed by atoms with Gasteiger partial charge < -0.3 is 16.4 Å². The van der Waals surface area contributed by atoms with Crippen LogP contribution in [-0.2, 0) is 6.54 Å². The molecule has 0 fully saturated rings. The Morgan fingerprint density at radius 2 is 1.28 bits per heavy atom. The second kappa shape index (κ2) is 6.88. The highest BCUT2D eigenvalue weighted by atomic mass is 15.0. The minimum absolute atomic E-state index is 0.285. The maximum atomic E-state index is 5.69. The molecule has 1 aromatic rings. The summed E-state index contributed by atoms with van der Waals surface area (Å²) in [7, 11) is 4.15. The first-order chi connectivity index (χ1) is 8.04. The summed E-state index contributed by atoms with van der Waals surface area (Å²) in [5.74, 6) is 0. The minimum atomic E-state index is -0.285. The van der Waals surface area contributed by atoms with Crippen molar-refractivity contribution in [1.29, 1.82) is 0 Å². The molecule has 104 valence electrons. The highest BCUT2D eigenvalue weighted by Crippen LogP contribution is 2.13. The van der Waals surface area contributed by atoms with E-state index in [-0.39, 0.29) is 11.1 Å². The zero-order chi connectivity index (χ0) is 14.4. The van der Waals surface area contributed by atoms with Crippen molar-refractivity contribution in [3.05, 3.63) is 35.9 Å². The molecule has 4 N–H and O–H groups in total. The Labute approximate surface area is 112 Å². The summed E-state index contributed by atoms with van der Waals surface area (Å²) < 4.78 is 0. The van der Waals surface area contributed by atoms with Crippen LogP contribution in [0.25, 0.3) is 0 Å². The molecule has 0 aromatic heterocycles. The molecule has 1 aromatic carbocycles. The standard InChI is InChI=1S/C9H13N.C6H16N2/c1-10(2)8-9-6-4-3-5-7-9;1-5(2,7)6(3,4)8/h3-7H,8H2,1-2H3;7-8H2,1-4H3. The largest absolute Gasteiger partial charge is 0.324 e. The Kier molecular flexibility index (Phi) is 6.54. The third kappa shape index (κ3) is 7.43. The molecule has 0 amide bonds. The summed E-state index contributed by atoms with van der Waals surface area (Å²) in [4.78, 5) is 2.16. The lowest BCUT2D eigenvalue weighted by atomic mass is 9.85. The smallest absolute Gasteiger partial charge is 0.0274 e.